The van der Waals surface area contributed by atoms with Crippen LogP contribution in [0.15, 0.2) is 18.2 Å². The number of nitrogens with zero attached hydrogens (tertiary/aromatic N) is 1. The van der Waals surface area contributed by atoms with E-state index < -0.39 is 0 Å². The molecule has 1 rings (SSSR count). The van der Waals surface area contributed by atoms with E-state index in [0.29, 0.717) is 6.54 Å². The van der Waals surface area contributed by atoms with Crippen LogP contribution in [0.3, 0.4) is 0 Å². The highest BCUT2D eigenvalue weighted by atomic mass is 16.2. The van der Waals surface area contributed by atoms with E-state index >= 15 is 0 Å². The van der Waals surface area contributed by atoms with Gasteiger partial charge in [-0.05, 0) is 46.2 Å². The van der Waals surface area contributed by atoms with Gasteiger partial charge in [0.05, 0.1) is 6.54 Å². The molecule has 0 saturated heterocycles. The minimum Gasteiger partial charge on any atom is -0.314 e. The van der Waals surface area contributed by atoms with E-state index in [1.54, 1.807) is 4.90 Å². The molecule has 1 aromatic carbocycles. The van der Waals surface area contributed by atoms with Crippen molar-refractivity contribution >= 4 is 11.6 Å². The van der Waals surface area contributed by atoms with Crippen LogP contribution in [0.25, 0.3) is 0 Å². The van der Waals surface area contributed by atoms with Gasteiger partial charge in [-0.15, -0.1) is 0 Å². The molecule has 18 heavy (non-hydrogen) atoms. The molecular formula is C15H24N2O. The zero-order valence-corrected chi connectivity index (χ0v) is 12.3. The molecule has 0 spiro atoms. The Hall–Kier alpha value is -1.35. The monoisotopic (exact) mass is 248 g/mol. The van der Waals surface area contributed by atoms with Gasteiger partial charge in [0.2, 0.25) is 5.91 Å². The van der Waals surface area contributed by atoms with Gasteiger partial charge in [0, 0.05) is 18.3 Å². The first kappa shape index (κ1) is 14.7. The lowest BCUT2D eigenvalue weighted by Gasteiger charge is -2.24. The standard InChI is InChI=1S/C15H24N2O/c1-11-7-8-13(12(2)9-11)17(6)14(18)10-16-15(3,4)5/h7-9,16H,10H2,1-6H3. The van der Waals surface area contributed by atoms with Gasteiger partial charge in [-0.3, -0.25) is 4.79 Å². The summed E-state index contributed by atoms with van der Waals surface area (Å²) in [6.45, 7) is 10.6. The van der Waals surface area contributed by atoms with Crippen molar-refractivity contribution in [2.75, 3.05) is 18.5 Å². The van der Waals surface area contributed by atoms with Crippen LogP contribution in [0.2, 0.25) is 0 Å². The molecule has 0 aliphatic rings. The molecule has 0 unspecified atom stereocenters. The van der Waals surface area contributed by atoms with E-state index in [-0.39, 0.29) is 11.4 Å². The average molecular weight is 248 g/mol. The number of hydrogen-bond donors (Lipinski definition) is 1. The summed E-state index contributed by atoms with van der Waals surface area (Å²) in [4.78, 5) is 13.8. The summed E-state index contributed by atoms with van der Waals surface area (Å²) in [5, 5.41) is 3.21. The second-order valence-corrected chi connectivity index (χ2v) is 5.85. The number of benzene rings is 1. The van der Waals surface area contributed by atoms with Crippen LogP contribution in [0.5, 0.6) is 0 Å². The van der Waals surface area contributed by atoms with E-state index in [2.05, 4.69) is 39.1 Å². The maximum Gasteiger partial charge on any atom is 0.240 e. The van der Waals surface area contributed by atoms with E-state index in [1.165, 1.54) is 5.56 Å². The molecule has 0 aliphatic heterocycles. The molecule has 0 radical (unpaired) electrons. The molecule has 3 heteroatoms. The van der Waals surface area contributed by atoms with Gasteiger partial charge < -0.3 is 10.2 Å². The Morgan fingerprint density at radius 3 is 2.39 bits per heavy atom. The Labute approximate surface area is 110 Å². The number of nitrogens with one attached hydrogen (secondary N) is 1. The second kappa shape index (κ2) is 5.53. The third kappa shape index (κ3) is 4.15. The number of rotatable bonds is 3. The van der Waals surface area contributed by atoms with Gasteiger partial charge in [-0.25, -0.2) is 0 Å². The van der Waals surface area contributed by atoms with Crippen molar-refractivity contribution in [3.63, 3.8) is 0 Å². The van der Waals surface area contributed by atoms with E-state index in [9.17, 15) is 4.79 Å². The quantitative estimate of drug-likeness (QED) is 0.892. The van der Waals surface area contributed by atoms with Gasteiger partial charge in [-0.2, -0.15) is 0 Å². The van der Waals surface area contributed by atoms with Crippen molar-refractivity contribution in [1.29, 1.82) is 0 Å². The fourth-order valence-corrected chi connectivity index (χ4v) is 1.78. The molecule has 0 atom stereocenters. The number of likely N-dealkylation sites (N-methyl/N-ethyl adjacent to an activating group) is 1. The number of carbonyl (C=O) groups is 1. The predicted octanol–water partition coefficient (Wildman–Crippen LogP) is 2.65. The Morgan fingerprint density at radius 2 is 1.89 bits per heavy atom. The summed E-state index contributed by atoms with van der Waals surface area (Å²) in [6.07, 6.45) is 0. The second-order valence-electron chi connectivity index (χ2n) is 5.85. The maximum absolute atomic E-state index is 12.1. The maximum atomic E-state index is 12.1. The molecule has 1 N–H and O–H groups in total. The lowest BCUT2D eigenvalue weighted by molar-refractivity contribution is -0.117. The molecule has 0 heterocycles. The van der Waals surface area contributed by atoms with Crippen LogP contribution in [0.4, 0.5) is 5.69 Å². The van der Waals surface area contributed by atoms with Gasteiger partial charge in [-0.1, -0.05) is 17.7 Å². The lowest BCUT2D eigenvalue weighted by atomic mass is 10.1. The van der Waals surface area contributed by atoms with Crippen LogP contribution >= 0.6 is 0 Å². The van der Waals surface area contributed by atoms with Crippen molar-refractivity contribution < 1.29 is 4.79 Å². The summed E-state index contributed by atoms with van der Waals surface area (Å²) in [5.41, 5.74) is 3.27. The first-order chi connectivity index (χ1) is 8.20. The van der Waals surface area contributed by atoms with E-state index in [1.807, 2.05) is 26.1 Å². The van der Waals surface area contributed by atoms with Crippen LogP contribution in [-0.2, 0) is 4.79 Å². The molecule has 100 valence electrons. The fourth-order valence-electron chi connectivity index (χ4n) is 1.78. The molecular weight excluding hydrogens is 224 g/mol. The van der Waals surface area contributed by atoms with Gasteiger partial charge >= 0.3 is 0 Å². The van der Waals surface area contributed by atoms with Crippen molar-refractivity contribution in [2.24, 2.45) is 0 Å². The van der Waals surface area contributed by atoms with Gasteiger partial charge in [0.25, 0.3) is 0 Å². The highest BCUT2D eigenvalue weighted by Gasteiger charge is 2.16. The molecule has 0 bridgehead atoms. The third-order valence-corrected chi connectivity index (χ3v) is 2.86. The highest BCUT2D eigenvalue weighted by Crippen LogP contribution is 2.19. The zero-order chi connectivity index (χ0) is 13.9. The van der Waals surface area contributed by atoms with Crippen LogP contribution < -0.4 is 10.2 Å². The number of aryl methyl sites for hydroxylation is 2. The van der Waals surface area contributed by atoms with Crippen LogP contribution in [0.1, 0.15) is 31.9 Å². The normalized spacial score (nSPS) is 11.4. The topological polar surface area (TPSA) is 32.3 Å². The van der Waals surface area contributed by atoms with Crippen molar-refractivity contribution in [1.82, 2.24) is 5.32 Å². The molecule has 1 aromatic rings. The predicted molar refractivity (Wildman–Crippen MR) is 77.1 cm³/mol. The first-order valence-corrected chi connectivity index (χ1v) is 6.29. The Morgan fingerprint density at radius 1 is 1.28 bits per heavy atom. The Kier molecular flexibility index (Phi) is 4.52. The summed E-state index contributed by atoms with van der Waals surface area (Å²) >= 11 is 0. The van der Waals surface area contributed by atoms with E-state index in [4.69, 9.17) is 0 Å². The number of amides is 1. The third-order valence-electron chi connectivity index (χ3n) is 2.86. The minimum absolute atomic E-state index is 0.0428. The van der Waals surface area contributed by atoms with Crippen molar-refractivity contribution in [3.05, 3.63) is 29.3 Å². The largest absolute Gasteiger partial charge is 0.314 e. The highest BCUT2D eigenvalue weighted by molar-refractivity contribution is 5.95. The molecule has 1 amide bonds. The summed E-state index contributed by atoms with van der Waals surface area (Å²) in [6, 6.07) is 6.12. The van der Waals surface area contributed by atoms with Crippen LogP contribution in [-0.4, -0.2) is 25.0 Å². The Bertz CT molecular complexity index is 433. The summed E-state index contributed by atoms with van der Waals surface area (Å²) in [5.74, 6) is 0.0804. The van der Waals surface area contributed by atoms with Crippen molar-refractivity contribution in [2.45, 2.75) is 40.2 Å². The van der Waals surface area contributed by atoms with Crippen molar-refractivity contribution in [3.8, 4) is 0 Å². The summed E-state index contributed by atoms with van der Waals surface area (Å²) in [7, 11) is 1.82. The van der Waals surface area contributed by atoms with E-state index in [0.717, 1.165) is 11.3 Å². The molecule has 0 fully saturated rings. The zero-order valence-electron chi connectivity index (χ0n) is 12.3. The Balaban J connectivity index is 2.74. The van der Waals surface area contributed by atoms with Gasteiger partial charge in [0.15, 0.2) is 0 Å². The number of anilines is 1. The first-order valence-electron chi connectivity index (χ1n) is 6.29. The SMILES string of the molecule is Cc1ccc(N(C)C(=O)CNC(C)(C)C)c(C)c1. The number of carbonyl (C=O) groups excluding carboxylic acids is 1. The van der Waals surface area contributed by atoms with Gasteiger partial charge in [0.1, 0.15) is 0 Å². The molecule has 3 nitrogen and oxygen atoms in total. The molecule has 0 aliphatic carbocycles. The molecule has 0 aromatic heterocycles. The average Bonchev–Trinajstić information content (AvgIpc) is 2.24. The number of hydrogen-bond acceptors (Lipinski definition) is 2. The van der Waals surface area contributed by atoms with Crippen LogP contribution in [0, 0.1) is 13.8 Å². The summed E-state index contributed by atoms with van der Waals surface area (Å²) < 4.78 is 0. The smallest absolute Gasteiger partial charge is 0.240 e. The molecule has 0 saturated carbocycles. The fraction of sp³-hybridized carbons (Fsp3) is 0.533. The minimum atomic E-state index is -0.0428. The lowest BCUT2D eigenvalue weighted by Crippen LogP contribution is -2.44.